The van der Waals surface area contributed by atoms with Gasteiger partial charge in [0.05, 0.1) is 0 Å². The number of benzene rings is 1. The molecule has 0 bridgehead atoms. The predicted octanol–water partition coefficient (Wildman–Crippen LogP) is 2.47. The van der Waals surface area contributed by atoms with Gasteiger partial charge in [0.25, 0.3) is 5.91 Å². The van der Waals surface area contributed by atoms with Crippen molar-refractivity contribution in [2.45, 2.75) is 19.8 Å². The maximum absolute atomic E-state index is 12.6. The highest BCUT2D eigenvalue weighted by Crippen LogP contribution is 2.31. The molecule has 1 unspecified atom stereocenters. The van der Waals surface area contributed by atoms with Crippen LogP contribution in [0.4, 0.5) is 0 Å². The first-order valence-corrected chi connectivity index (χ1v) is 8.00. The molecule has 5 nitrogen and oxygen atoms in total. The third kappa shape index (κ3) is 2.52. The Kier molecular flexibility index (Phi) is 3.41. The normalized spacial score (nSPS) is 23.3. The second-order valence-corrected chi connectivity index (χ2v) is 6.11. The zero-order chi connectivity index (χ0) is 15.8. The Morgan fingerprint density at radius 3 is 2.57 bits per heavy atom. The van der Waals surface area contributed by atoms with Crippen molar-refractivity contribution in [2.24, 2.45) is 20.9 Å². The van der Waals surface area contributed by atoms with Gasteiger partial charge in [-0.1, -0.05) is 29.8 Å². The quantitative estimate of drug-likeness (QED) is 0.800. The molecule has 1 fully saturated rings. The molecule has 0 saturated carbocycles. The number of carbonyl (C=O) groups is 1. The first-order valence-electron chi connectivity index (χ1n) is 8.00. The topological polar surface area (TPSA) is 57.4 Å². The van der Waals surface area contributed by atoms with Gasteiger partial charge >= 0.3 is 0 Å². The standard InChI is InChI=1S/C18H18N4O/c1-12-4-6-13(7-5-12)14-8-9-19-16-15(14)17(23)21-18(20-16)22-10-2-3-11-22/h4-9,15H,2-3,10-11H2,1H3. The zero-order valence-corrected chi connectivity index (χ0v) is 13.1. The molecule has 5 heteroatoms. The monoisotopic (exact) mass is 306 g/mol. The van der Waals surface area contributed by atoms with Gasteiger partial charge in [0, 0.05) is 19.3 Å². The van der Waals surface area contributed by atoms with E-state index in [1.165, 1.54) is 5.56 Å². The van der Waals surface area contributed by atoms with Crippen molar-refractivity contribution in [3.8, 4) is 0 Å². The van der Waals surface area contributed by atoms with Gasteiger partial charge in [-0.2, -0.15) is 9.98 Å². The second-order valence-electron chi connectivity index (χ2n) is 6.11. The largest absolute Gasteiger partial charge is 0.341 e. The first kappa shape index (κ1) is 14.1. The number of likely N-dealkylation sites (tertiary alicyclic amines) is 1. The van der Waals surface area contributed by atoms with Gasteiger partial charge in [-0.25, -0.2) is 4.99 Å². The third-order valence-corrected chi connectivity index (χ3v) is 4.48. The van der Waals surface area contributed by atoms with Crippen LogP contribution in [0.2, 0.25) is 0 Å². The highest BCUT2D eigenvalue weighted by molar-refractivity contribution is 6.25. The van der Waals surface area contributed by atoms with E-state index in [1.807, 2.05) is 37.3 Å². The molecule has 1 aromatic carbocycles. The minimum absolute atomic E-state index is 0.166. The van der Waals surface area contributed by atoms with Crippen LogP contribution < -0.4 is 0 Å². The SMILES string of the molecule is Cc1ccc(C2=CC=NC3=NC(N4CCCC4)=NC(=O)C23)cc1. The molecule has 4 rings (SSSR count). The smallest absolute Gasteiger partial charge is 0.264 e. The molecule has 1 aromatic rings. The summed E-state index contributed by atoms with van der Waals surface area (Å²) in [6.45, 7) is 3.88. The van der Waals surface area contributed by atoms with Crippen LogP contribution >= 0.6 is 0 Å². The summed E-state index contributed by atoms with van der Waals surface area (Å²) < 4.78 is 0. The number of carbonyl (C=O) groups excluding carboxylic acids is 1. The van der Waals surface area contributed by atoms with Crippen molar-refractivity contribution in [3.05, 3.63) is 41.5 Å². The molecule has 0 spiro atoms. The molecule has 0 N–H and O–H groups in total. The number of aliphatic imine (C=N–C) groups is 3. The Bertz CT molecular complexity index is 765. The van der Waals surface area contributed by atoms with E-state index in [0.717, 1.165) is 37.1 Å². The lowest BCUT2D eigenvalue weighted by Crippen LogP contribution is -2.36. The number of hydrogen-bond acceptors (Lipinski definition) is 4. The van der Waals surface area contributed by atoms with E-state index in [1.54, 1.807) is 6.21 Å². The number of amidine groups is 1. The summed E-state index contributed by atoms with van der Waals surface area (Å²) in [5, 5.41) is 0. The van der Waals surface area contributed by atoms with Crippen molar-refractivity contribution < 1.29 is 4.79 Å². The summed E-state index contributed by atoms with van der Waals surface area (Å²) in [6.07, 6.45) is 5.87. The summed E-state index contributed by atoms with van der Waals surface area (Å²) in [4.78, 5) is 27.8. The molecule has 23 heavy (non-hydrogen) atoms. The molecule has 1 amide bonds. The lowest BCUT2D eigenvalue weighted by Gasteiger charge is -2.26. The summed E-state index contributed by atoms with van der Waals surface area (Å²) in [5.74, 6) is 0.445. The minimum Gasteiger partial charge on any atom is -0.341 e. The van der Waals surface area contributed by atoms with Gasteiger partial charge in [0.1, 0.15) is 11.8 Å². The number of hydrogen-bond donors (Lipinski definition) is 0. The highest BCUT2D eigenvalue weighted by Gasteiger charge is 2.35. The number of fused-ring (bicyclic) bond motifs is 1. The molecule has 1 atom stereocenters. The second kappa shape index (κ2) is 5.57. The number of nitrogens with zero attached hydrogens (tertiary/aromatic N) is 4. The molecule has 1 saturated heterocycles. The van der Waals surface area contributed by atoms with Gasteiger partial charge in [-0.15, -0.1) is 0 Å². The molecule has 3 aliphatic heterocycles. The molecule has 0 aromatic heterocycles. The highest BCUT2D eigenvalue weighted by atomic mass is 16.1. The van der Waals surface area contributed by atoms with Crippen LogP contribution in [0.25, 0.3) is 5.57 Å². The van der Waals surface area contributed by atoms with E-state index in [0.29, 0.717) is 11.8 Å². The fourth-order valence-electron chi connectivity index (χ4n) is 3.20. The van der Waals surface area contributed by atoms with E-state index < -0.39 is 5.92 Å². The average Bonchev–Trinajstić information content (AvgIpc) is 3.09. The number of allylic oxidation sites excluding steroid dienone is 1. The van der Waals surface area contributed by atoms with Crippen molar-refractivity contribution in [2.75, 3.05) is 13.1 Å². The number of guanidine groups is 1. The molecule has 0 radical (unpaired) electrons. The first-order chi connectivity index (χ1) is 11.2. The van der Waals surface area contributed by atoms with Crippen LogP contribution in [-0.4, -0.2) is 41.9 Å². The average molecular weight is 306 g/mol. The summed E-state index contributed by atoms with van der Waals surface area (Å²) in [6, 6.07) is 8.16. The Morgan fingerprint density at radius 1 is 1.09 bits per heavy atom. The Morgan fingerprint density at radius 2 is 1.83 bits per heavy atom. The fourth-order valence-corrected chi connectivity index (χ4v) is 3.20. The van der Waals surface area contributed by atoms with Gasteiger partial charge < -0.3 is 4.90 Å². The van der Waals surface area contributed by atoms with Crippen LogP contribution in [0.1, 0.15) is 24.0 Å². The van der Waals surface area contributed by atoms with Crippen molar-refractivity contribution in [1.29, 1.82) is 0 Å². The molecule has 116 valence electrons. The summed E-state index contributed by atoms with van der Waals surface area (Å²) in [7, 11) is 0. The van der Waals surface area contributed by atoms with E-state index in [9.17, 15) is 4.79 Å². The van der Waals surface area contributed by atoms with Crippen molar-refractivity contribution in [1.82, 2.24) is 4.90 Å². The van der Waals surface area contributed by atoms with Gasteiger partial charge in [0.2, 0.25) is 5.96 Å². The number of rotatable bonds is 1. The van der Waals surface area contributed by atoms with Crippen LogP contribution in [0.5, 0.6) is 0 Å². The fraction of sp³-hybridized carbons (Fsp3) is 0.333. The Balaban J connectivity index is 1.68. The zero-order valence-electron chi connectivity index (χ0n) is 13.1. The molecule has 3 aliphatic rings. The van der Waals surface area contributed by atoms with Gasteiger partial charge in [-0.3, -0.25) is 4.79 Å². The van der Waals surface area contributed by atoms with Crippen LogP contribution in [0.3, 0.4) is 0 Å². The third-order valence-electron chi connectivity index (χ3n) is 4.48. The maximum atomic E-state index is 12.6. The predicted molar refractivity (Wildman–Crippen MR) is 91.8 cm³/mol. The summed E-state index contributed by atoms with van der Waals surface area (Å²) >= 11 is 0. The van der Waals surface area contributed by atoms with Gasteiger partial charge in [-0.05, 0) is 37.0 Å². The maximum Gasteiger partial charge on any atom is 0.264 e. The van der Waals surface area contributed by atoms with Crippen LogP contribution in [0, 0.1) is 12.8 Å². The van der Waals surface area contributed by atoms with Gasteiger partial charge in [0.15, 0.2) is 0 Å². The van der Waals surface area contributed by atoms with E-state index in [2.05, 4.69) is 19.9 Å². The number of amides is 1. The van der Waals surface area contributed by atoms with Crippen molar-refractivity contribution in [3.63, 3.8) is 0 Å². The Hall–Kier alpha value is -2.56. The lowest BCUT2D eigenvalue weighted by molar-refractivity contribution is -0.118. The van der Waals surface area contributed by atoms with E-state index in [4.69, 9.17) is 0 Å². The molecular weight excluding hydrogens is 288 g/mol. The van der Waals surface area contributed by atoms with Crippen molar-refractivity contribution >= 4 is 29.5 Å². The molecule has 0 aliphatic carbocycles. The number of aryl methyl sites for hydroxylation is 1. The Labute approximate surface area is 135 Å². The lowest BCUT2D eigenvalue weighted by atomic mass is 9.88. The van der Waals surface area contributed by atoms with E-state index in [-0.39, 0.29) is 5.91 Å². The van der Waals surface area contributed by atoms with E-state index >= 15 is 0 Å². The minimum atomic E-state index is -0.478. The number of dihydropyridines is 1. The molecular formula is C18H18N4O. The van der Waals surface area contributed by atoms with Crippen LogP contribution in [0.15, 0.2) is 45.3 Å². The summed E-state index contributed by atoms with van der Waals surface area (Å²) in [5.41, 5.74) is 3.14. The van der Waals surface area contributed by atoms with Crippen LogP contribution in [-0.2, 0) is 4.79 Å². The molecule has 3 heterocycles.